The van der Waals surface area contributed by atoms with Crippen molar-refractivity contribution in [3.63, 3.8) is 0 Å². The van der Waals surface area contributed by atoms with Crippen LogP contribution in [0.5, 0.6) is 0 Å². The van der Waals surface area contributed by atoms with Gasteiger partial charge in [0.25, 0.3) is 17.7 Å². The number of carbonyl (C=O) groups is 4. The van der Waals surface area contributed by atoms with Crippen molar-refractivity contribution in [2.75, 3.05) is 16.8 Å². The third kappa shape index (κ3) is 3.75. The Balaban J connectivity index is 1.47. The summed E-state index contributed by atoms with van der Waals surface area (Å²) in [6.45, 7) is 1.23. The first-order chi connectivity index (χ1) is 15.4. The van der Waals surface area contributed by atoms with Crippen LogP contribution in [0.15, 0.2) is 53.9 Å². The average Bonchev–Trinajstić information content (AvgIpc) is 3.34. The second-order valence-corrected chi connectivity index (χ2v) is 7.81. The number of esters is 1. The maximum atomic E-state index is 12.9. The predicted octanol–water partition coefficient (Wildman–Crippen LogP) is 3.52. The summed E-state index contributed by atoms with van der Waals surface area (Å²) in [6.07, 6.45) is 0. The number of thiophene rings is 1. The number of ether oxygens (including phenoxy) is 1. The van der Waals surface area contributed by atoms with Crippen molar-refractivity contribution in [2.24, 2.45) is 0 Å². The van der Waals surface area contributed by atoms with Gasteiger partial charge >= 0.3 is 5.97 Å². The van der Waals surface area contributed by atoms with Gasteiger partial charge in [0, 0.05) is 0 Å². The van der Waals surface area contributed by atoms with E-state index in [0.717, 1.165) is 10.5 Å². The molecular weight excluding hydrogens is 430 g/mol. The standard InChI is InChI=1S/C23H15N3O5S/c1-13-4-2-3-5-18(13)26-21(28)16-7-6-14(10-17(16)22(26)29)23(30)31-12-19(27)25-20-15(11-24)8-9-32-20/h2-10H,12H2,1H3,(H,25,27). The summed E-state index contributed by atoms with van der Waals surface area (Å²) in [6, 6.07) is 14.6. The molecule has 3 amide bonds. The summed E-state index contributed by atoms with van der Waals surface area (Å²) in [5.74, 6) is -2.42. The Bertz CT molecular complexity index is 1320. The number of imide groups is 1. The smallest absolute Gasteiger partial charge is 0.338 e. The molecule has 0 spiro atoms. The third-order valence-electron chi connectivity index (χ3n) is 4.85. The molecule has 1 aliphatic heterocycles. The highest BCUT2D eigenvalue weighted by molar-refractivity contribution is 7.14. The third-order valence-corrected chi connectivity index (χ3v) is 5.68. The van der Waals surface area contributed by atoms with Crippen LogP contribution in [0, 0.1) is 18.3 Å². The number of anilines is 2. The molecule has 0 atom stereocenters. The van der Waals surface area contributed by atoms with Gasteiger partial charge in [0.2, 0.25) is 0 Å². The molecule has 0 saturated carbocycles. The zero-order chi connectivity index (χ0) is 22.8. The first kappa shape index (κ1) is 21.0. The van der Waals surface area contributed by atoms with Crippen LogP contribution in [-0.2, 0) is 9.53 Å². The lowest BCUT2D eigenvalue weighted by Gasteiger charge is -2.16. The van der Waals surface area contributed by atoms with Crippen LogP contribution < -0.4 is 10.2 Å². The SMILES string of the molecule is Cc1ccccc1N1C(=O)c2ccc(C(=O)OCC(=O)Nc3sccc3C#N)cc2C1=O. The number of nitrogens with zero attached hydrogens (tertiary/aromatic N) is 2. The molecule has 158 valence electrons. The first-order valence-electron chi connectivity index (χ1n) is 9.43. The Morgan fingerprint density at radius 3 is 2.59 bits per heavy atom. The van der Waals surface area contributed by atoms with Gasteiger partial charge < -0.3 is 10.1 Å². The van der Waals surface area contributed by atoms with Crippen molar-refractivity contribution >= 4 is 45.7 Å². The van der Waals surface area contributed by atoms with Crippen molar-refractivity contribution in [1.29, 1.82) is 5.26 Å². The highest BCUT2D eigenvalue weighted by atomic mass is 32.1. The molecule has 8 nitrogen and oxygen atoms in total. The Morgan fingerprint density at radius 2 is 1.84 bits per heavy atom. The van der Waals surface area contributed by atoms with Gasteiger partial charge in [-0.25, -0.2) is 9.69 Å². The highest BCUT2D eigenvalue weighted by Crippen LogP contribution is 2.31. The minimum Gasteiger partial charge on any atom is -0.452 e. The second-order valence-electron chi connectivity index (χ2n) is 6.89. The summed E-state index contributed by atoms with van der Waals surface area (Å²) < 4.78 is 5.03. The Kier molecular flexibility index (Phi) is 5.54. The number of aryl methyl sites for hydroxylation is 1. The van der Waals surface area contributed by atoms with Crippen LogP contribution >= 0.6 is 11.3 Å². The van der Waals surface area contributed by atoms with Crippen LogP contribution in [0.2, 0.25) is 0 Å². The predicted molar refractivity (Wildman–Crippen MR) is 117 cm³/mol. The lowest BCUT2D eigenvalue weighted by Crippen LogP contribution is -2.29. The molecule has 2 heterocycles. The van der Waals surface area contributed by atoms with Gasteiger partial charge in [-0.2, -0.15) is 5.26 Å². The molecule has 32 heavy (non-hydrogen) atoms. The van der Waals surface area contributed by atoms with Gasteiger partial charge in [-0.1, -0.05) is 18.2 Å². The number of para-hydroxylation sites is 1. The number of carbonyl (C=O) groups excluding carboxylic acids is 4. The number of rotatable bonds is 5. The van der Waals surface area contributed by atoms with E-state index in [-0.39, 0.29) is 16.7 Å². The lowest BCUT2D eigenvalue weighted by atomic mass is 10.1. The average molecular weight is 445 g/mol. The number of benzene rings is 2. The number of nitrogens with one attached hydrogen (secondary N) is 1. The van der Waals surface area contributed by atoms with Gasteiger partial charge in [0.1, 0.15) is 11.1 Å². The number of nitriles is 1. The molecule has 9 heteroatoms. The van der Waals surface area contributed by atoms with Gasteiger partial charge in [-0.05, 0) is 48.2 Å². The van der Waals surface area contributed by atoms with Crippen molar-refractivity contribution in [1.82, 2.24) is 0 Å². The molecule has 0 fully saturated rings. The summed E-state index contributed by atoms with van der Waals surface area (Å²) in [7, 11) is 0. The molecule has 0 bridgehead atoms. The molecule has 4 rings (SSSR count). The van der Waals surface area contributed by atoms with E-state index < -0.39 is 30.3 Å². The second kappa shape index (κ2) is 8.45. The highest BCUT2D eigenvalue weighted by Gasteiger charge is 2.37. The van der Waals surface area contributed by atoms with E-state index in [0.29, 0.717) is 16.3 Å². The van der Waals surface area contributed by atoms with Crippen LogP contribution in [0.1, 0.15) is 42.2 Å². The van der Waals surface area contributed by atoms with E-state index in [2.05, 4.69) is 5.32 Å². The maximum Gasteiger partial charge on any atom is 0.338 e. The number of amides is 3. The molecule has 0 radical (unpaired) electrons. The quantitative estimate of drug-likeness (QED) is 0.474. The van der Waals surface area contributed by atoms with E-state index in [1.54, 1.807) is 42.6 Å². The fourth-order valence-corrected chi connectivity index (χ4v) is 4.03. The van der Waals surface area contributed by atoms with Gasteiger partial charge in [0.05, 0.1) is 27.9 Å². The maximum absolute atomic E-state index is 12.9. The van der Waals surface area contributed by atoms with Crippen LogP contribution in [0.3, 0.4) is 0 Å². The molecule has 1 aliphatic rings. The van der Waals surface area contributed by atoms with Crippen molar-refractivity contribution in [2.45, 2.75) is 6.92 Å². The molecule has 0 aliphatic carbocycles. The Labute approximate surface area is 186 Å². The van der Waals surface area contributed by atoms with E-state index in [4.69, 9.17) is 10.00 Å². The van der Waals surface area contributed by atoms with Crippen LogP contribution in [0.25, 0.3) is 0 Å². The molecule has 3 aromatic rings. The van der Waals surface area contributed by atoms with E-state index in [9.17, 15) is 19.2 Å². The largest absolute Gasteiger partial charge is 0.452 e. The first-order valence-corrected chi connectivity index (χ1v) is 10.3. The number of hydrogen-bond acceptors (Lipinski definition) is 7. The van der Waals surface area contributed by atoms with Crippen molar-refractivity contribution in [3.8, 4) is 6.07 Å². The fourth-order valence-electron chi connectivity index (χ4n) is 3.27. The Hall–Kier alpha value is -4.29. The summed E-state index contributed by atoms with van der Waals surface area (Å²) in [4.78, 5) is 51.2. The van der Waals surface area contributed by atoms with Crippen LogP contribution in [-0.4, -0.2) is 30.3 Å². The molecular formula is C23H15N3O5S. The zero-order valence-electron chi connectivity index (χ0n) is 16.7. The van der Waals surface area contributed by atoms with Crippen molar-refractivity contribution in [3.05, 3.63) is 81.7 Å². The lowest BCUT2D eigenvalue weighted by molar-refractivity contribution is -0.119. The molecule has 1 aromatic heterocycles. The van der Waals surface area contributed by atoms with Crippen molar-refractivity contribution < 1.29 is 23.9 Å². The molecule has 1 N–H and O–H groups in total. The van der Waals surface area contributed by atoms with Gasteiger partial charge in [-0.3, -0.25) is 14.4 Å². The molecule has 0 unspecified atom stereocenters. The molecule has 0 saturated heterocycles. The number of fused-ring (bicyclic) bond motifs is 1. The molecule has 2 aromatic carbocycles. The normalized spacial score (nSPS) is 12.3. The summed E-state index contributed by atoms with van der Waals surface area (Å²) >= 11 is 1.18. The minimum absolute atomic E-state index is 0.0400. The van der Waals surface area contributed by atoms with E-state index in [1.807, 2.05) is 6.07 Å². The number of hydrogen-bond donors (Lipinski definition) is 1. The zero-order valence-corrected chi connectivity index (χ0v) is 17.6. The van der Waals surface area contributed by atoms with E-state index in [1.165, 1.54) is 29.5 Å². The van der Waals surface area contributed by atoms with E-state index >= 15 is 0 Å². The topological polar surface area (TPSA) is 117 Å². The van der Waals surface area contributed by atoms with Gasteiger partial charge in [-0.15, -0.1) is 11.3 Å². The van der Waals surface area contributed by atoms with Gasteiger partial charge in [0.15, 0.2) is 6.61 Å². The monoisotopic (exact) mass is 445 g/mol. The Morgan fingerprint density at radius 1 is 1.09 bits per heavy atom. The fraction of sp³-hybridized carbons (Fsp3) is 0.0870. The van der Waals surface area contributed by atoms with Crippen LogP contribution in [0.4, 0.5) is 10.7 Å². The minimum atomic E-state index is -0.816. The summed E-state index contributed by atoms with van der Waals surface area (Å²) in [5.41, 5.74) is 1.87. The summed E-state index contributed by atoms with van der Waals surface area (Å²) in [5, 5.41) is 13.5.